The molecule has 0 fully saturated rings. The largest absolute Gasteiger partial charge is 0.493 e. The molecule has 0 aromatic heterocycles. The van der Waals surface area contributed by atoms with Crippen molar-refractivity contribution in [3.63, 3.8) is 0 Å². The fraction of sp³-hybridized carbons (Fsp3) is 0.364. The van der Waals surface area contributed by atoms with Crippen LogP contribution in [0, 0.1) is 11.3 Å². The molecule has 0 saturated carbocycles. The van der Waals surface area contributed by atoms with E-state index in [2.05, 4.69) is 0 Å². The van der Waals surface area contributed by atoms with Crippen molar-refractivity contribution < 1.29 is 9.47 Å². The Morgan fingerprint density at radius 2 is 2.00 bits per heavy atom. The summed E-state index contributed by atoms with van der Waals surface area (Å²) < 4.78 is 10.2. The van der Waals surface area contributed by atoms with E-state index in [0.717, 1.165) is 5.56 Å². The molecule has 0 radical (unpaired) electrons. The lowest BCUT2D eigenvalue weighted by Gasteiger charge is -2.12. The average molecular weight is 206 g/mol. The highest BCUT2D eigenvalue weighted by molar-refractivity contribution is 5.43. The predicted molar refractivity (Wildman–Crippen MR) is 56.7 cm³/mol. The molecule has 80 valence electrons. The summed E-state index contributed by atoms with van der Waals surface area (Å²) in [5, 5.41) is 8.54. The number of nitrogens with zero attached hydrogens (tertiary/aromatic N) is 1. The molecule has 0 spiro atoms. The van der Waals surface area contributed by atoms with E-state index in [-0.39, 0.29) is 12.5 Å². The molecule has 2 N–H and O–H groups in total. The fourth-order valence-electron chi connectivity index (χ4n) is 1.30. The third-order valence-corrected chi connectivity index (χ3v) is 2.15. The lowest BCUT2D eigenvalue weighted by molar-refractivity contribution is 0.354. The van der Waals surface area contributed by atoms with E-state index in [4.69, 9.17) is 20.5 Å². The molecular weight excluding hydrogens is 192 g/mol. The van der Waals surface area contributed by atoms with E-state index in [1.54, 1.807) is 26.4 Å². The zero-order chi connectivity index (χ0) is 11.3. The maximum absolute atomic E-state index is 8.54. The number of ether oxygens (including phenoxy) is 2. The summed E-state index contributed by atoms with van der Waals surface area (Å²) in [7, 11) is 3.14. The second kappa shape index (κ2) is 5.23. The van der Waals surface area contributed by atoms with Crippen LogP contribution in [0.4, 0.5) is 0 Å². The van der Waals surface area contributed by atoms with Crippen LogP contribution in [0.1, 0.15) is 18.0 Å². The van der Waals surface area contributed by atoms with Gasteiger partial charge in [0, 0.05) is 6.04 Å². The summed E-state index contributed by atoms with van der Waals surface area (Å²) in [5.74, 6) is 1.29. The van der Waals surface area contributed by atoms with Crippen molar-refractivity contribution >= 4 is 0 Å². The fourth-order valence-corrected chi connectivity index (χ4v) is 1.30. The standard InChI is InChI=1S/C11H14N2O2/c1-14-10-4-3-8(7-11(10)15-2)9(13)5-6-12/h3-4,7,9H,5,13H2,1-2H3/t9-/m1/s1. The Balaban J connectivity index is 2.98. The SMILES string of the molecule is COc1ccc([C@H](N)CC#N)cc1OC. The topological polar surface area (TPSA) is 68.3 Å². The summed E-state index contributed by atoms with van der Waals surface area (Å²) in [4.78, 5) is 0. The summed E-state index contributed by atoms with van der Waals surface area (Å²) in [6.45, 7) is 0. The van der Waals surface area contributed by atoms with E-state index in [1.165, 1.54) is 0 Å². The molecule has 1 aromatic carbocycles. The van der Waals surface area contributed by atoms with Crippen LogP contribution in [-0.4, -0.2) is 14.2 Å². The lowest BCUT2D eigenvalue weighted by atomic mass is 10.0. The van der Waals surface area contributed by atoms with Crippen molar-refractivity contribution in [3.8, 4) is 17.6 Å². The molecule has 1 atom stereocenters. The number of hydrogen-bond donors (Lipinski definition) is 1. The number of benzene rings is 1. The molecule has 0 bridgehead atoms. The molecule has 1 rings (SSSR count). The number of methoxy groups -OCH3 is 2. The molecule has 0 aliphatic rings. The van der Waals surface area contributed by atoms with Crippen LogP contribution < -0.4 is 15.2 Å². The number of hydrogen-bond acceptors (Lipinski definition) is 4. The van der Waals surface area contributed by atoms with Gasteiger partial charge in [0.25, 0.3) is 0 Å². The van der Waals surface area contributed by atoms with Crippen LogP contribution in [0.3, 0.4) is 0 Å². The highest BCUT2D eigenvalue weighted by Crippen LogP contribution is 2.29. The van der Waals surface area contributed by atoms with Gasteiger partial charge in [0.05, 0.1) is 26.7 Å². The van der Waals surface area contributed by atoms with E-state index < -0.39 is 0 Å². The molecule has 0 unspecified atom stereocenters. The molecule has 0 amide bonds. The molecule has 0 saturated heterocycles. The van der Waals surface area contributed by atoms with Crippen molar-refractivity contribution in [1.82, 2.24) is 0 Å². The smallest absolute Gasteiger partial charge is 0.161 e. The first-order chi connectivity index (χ1) is 7.22. The Hall–Kier alpha value is -1.73. The first-order valence-electron chi connectivity index (χ1n) is 4.57. The first kappa shape index (κ1) is 11.3. The number of nitriles is 1. The summed E-state index contributed by atoms with van der Waals surface area (Å²) in [5.41, 5.74) is 6.67. The Kier molecular flexibility index (Phi) is 3.95. The summed E-state index contributed by atoms with van der Waals surface area (Å²) in [6, 6.07) is 7.16. The quantitative estimate of drug-likeness (QED) is 0.812. The Labute approximate surface area is 89.2 Å². The third kappa shape index (κ3) is 2.61. The molecule has 0 aliphatic carbocycles. The van der Waals surface area contributed by atoms with E-state index in [0.29, 0.717) is 11.5 Å². The second-order valence-electron chi connectivity index (χ2n) is 3.08. The molecule has 0 aliphatic heterocycles. The highest BCUT2D eigenvalue weighted by atomic mass is 16.5. The van der Waals surface area contributed by atoms with Gasteiger partial charge in [-0.3, -0.25) is 0 Å². The van der Waals surface area contributed by atoms with Crippen molar-refractivity contribution in [2.75, 3.05) is 14.2 Å². The summed E-state index contributed by atoms with van der Waals surface area (Å²) in [6.07, 6.45) is 0.287. The Morgan fingerprint density at radius 1 is 1.33 bits per heavy atom. The monoisotopic (exact) mass is 206 g/mol. The Bertz CT molecular complexity index is 371. The third-order valence-electron chi connectivity index (χ3n) is 2.15. The normalized spacial score (nSPS) is 11.6. The lowest BCUT2D eigenvalue weighted by Crippen LogP contribution is -2.09. The van der Waals surface area contributed by atoms with Gasteiger partial charge in [-0.05, 0) is 17.7 Å². The van der Waals surface area contributed by atoms with Crippen molar-refractivity contribution in [1.29, 1.82) is 5.26 Å². The van der Waals surface area contributed by atoms with Crippen LogP contribution in [0.2, 0.25) is 0 Å². The zero-order valence-electron chi connectivity index (χ0n) is 8.86. The maximum atomic E-state index is 8.54. The molecule has 1 aromatic rings. The second-order valence-corrected chi connectivity index (χ2v) is 3.08. The van der Waals surface area contributed by atoms with Crippen molar-refractivity contribution in [2.45, 2.75) is 12.5 Å². The predicted octanol–water partition coefficient (Wildman–Crippen LogP) is 1.62. The molecule has 4 heteroatoms. The van der Waals surface area contributed by atoms with E-state index >= 15 is 0 Å². The molecule has 0 heterocycles. The van der Waals surface area contributed by atoms with Crippen molar-refractivity contribution in [3.05, 3.63) is 23.8 Å². The van der Waals surface area contributed by atoms with Gasteiger partial charge in [0.2, 0.25) is 0 Å². The average Bonchev–Trinajstić information content (AvgIpc) is 2.28. The van der Waals surface area contributed by atoms with E-state index in [1.807, 2.05) is 12.1 Å². The van der Waals surface area contributed by atoms with Crippen LogP contribution in [-0.2, 0) is 0 Å². The number of nitrogens with two attached hydrogens (primary N) is 1. The maximum Gasteiger partial charge on any atom is 0.161 e. The van der Waals surface area contributed by atoms with E-state index in [9.17, 15) is 0 Å². The zero-order valence-corrected chi connectivity index (χ0v) is 8.86. The van der Waals surface area contributed by atoms with Gasteiger partial charge in [0.15, 0.2) is 11.5 Å². The van der Waals surface area contributed by atoms with Crippen molar-refractivity contribution in [2.24, 2.45) is 5.73 Å². The minimum atomic E-state index is -0.283. The van der Waals surface area contributed by atoms with Gasteiger partial charge < -0.3 is 15.2 Å². The van der Waals surface area contributed by atoms with Gasteiger partial charge in [-0.1, -0.05) is 6.07 Å². The van der Waals surface area contributed by atoms with Gasteiger partial charge in [-0.15, -0.1) is 0 Å². The number of rotatable bonds is 4. The molecule has 4 nitrogen and oxygen atoms in total. The van der Waals surface area contributed by atoms with Crippen LogP contribution in [0.15, 0.2) is 18.2 Å². The highest BCUT2D eigenvalue weighted by Gasteiger charge is 2.09. The van der Waals surface area contributed by atoms with Gasteiger partial charge in [-0.2, -0.15) is 5.26 Å². The first-order valence-corrected chi connectivity index (χ1v) is 4.57. The van der Waals surface area contributed by atoms with Gasteiger partial charge >= 0.3 is 0 Å². The molecular formula is C11H14N2O2. The van der Waals surface area contributed by atoms with Crippen LogP contribution in [0.25, 0.3) is 0 Å². The van der Waals surface area contributed by atoms with Crippen LogP contribution >= 0.6 is 0 Å². The summed E-state index contributed by atoms with van der Waals surface area (Å²) >= 11 is 0. The minimum Gasteiger partial charge on any atom is -0.493 e. The molecule has 15 heavy (non-hydrogen) atoms. The van der Waals surface area contributed by atoms with Crippen LogP contribution in [0.5, 0.6) is 11.5 Å². The van der Waals surface area contributed by atoms with Gasteiger partial charge in [0.1, 0.15) is 0 Å². The van der Waals surface area contributed by atoms with Gasteiger partial charge in [-0.25, -0.2) is 0 Å². The minimum absolute atomic E-state index is 0.283. The Morgan fingerprint density at radius 3 is 2.53 bits per heavy atom.